The minimum atomic E-state index is -4.49. The number of benzene rings is 3. The molecule has 0 saturated heterocycles. The van der Waals surface area contributed by atoms with Gasteiger partial charge in [0.25, 0.3) is 0 Å². The van der Waals surface area contributed by atoms with Crippen LogP contribution >= 0.6 is 0 Å². The number of halogens is 2. The monoisotopic (exact) mass is 717 g/mol. The summed E-state index contributed by atoms with van der Waals surface area (Å²) in [5.74, 6) is -3.60. The summed E-state index contributed by atoms with van der Waals surface area (Å²) in [5.41, 5.74) is -3.15. The van der Waals surface area contributed by atoms with E-state index in [2.05, 4.69) is 9.97 Å². The molecule has 258 valence electrons. The first-order chi connectivity index (χ1) is 24.3. The van der Waals surface area contributed by atoms with Crippen LogP contribution in [-0.2, 0) is 10.0 Å². The standard InChI is InChI=1S/C33H21F2N5O10S/c1-15(2)51(45,46)40-28-26(38-33(40)36)31-30(48-20(42)11-12-21(43)49-31)24-25-27(16-7-4-3-5-8-16)39(50-22(44)14-13-19(41)47-29(24)28)32(37-25)23-17(34)9-6-10-18(23)35/h3-15H,1-2H3,(H2,36,38). The van der Waals surface area contributed by atoms with E-state index in [9.17, 15) is 27.6 Å². The molecule has 0 atom stereocenters. The molecule has 2 bridgehead atoms. The summed E-state index contributed by atoms with van der Waals surface area (Å²) < 4.78 is 82.2. The molecule has 0 aliphatic rings. The van der Waals surface area contributed by atoms with E-state index in [-0.39, 0.29) is 11.3 Å². The first kappa shape index (κ1) is 32.8. The quantitative estimate of drug-likeness (QED) is 0.269. The molecule has 3 aromatic carbocycles. The summed E-state index contributed by atoms with van der Waals surface area (Å²) in [6.07, 6.45) is 0. The largest absolute Gasteiger partial charge is 0.420 e. The summed E-state index contributed by atoms with van der Waals surface area (Å²) in [7, 11) is -4.49. The fraction of sp³-hybridized carbons (Fsp3) is 0.0909. The second kappa shape index (κ2) is 12.0. The predicted octanol–water partition coefficient (Wildman–Crippen LogP) is 4.27. The number of anilines is 1. The summed E-state index contributed by atoms with van der Waals surface area (Å²) in [6, 6.07) is 13.4. The highest BCUT2D eigenvalue weighted by atomic mass is 32.2. The first-order valence-corrected chi connectivity index (χ1v) is 16.3. The minimum absolute atomic E-state index is 0.169. The lowest BCUT2D eigenvalue weighted by Gasteiger charge is -2.11. The highest BCUT2D eigenvalue weighted by Gasteiger charge is 2.32. The molecular weight excluding hydrogens is 696 g/mol. The van der Waals surface area contributed by atoms with E-state index in [0.717, 1.165) is 30.3 Å². The molecule has 4 heterocycles. The molecular formula is C33H21F2N5O10S. The Labute approximate surface area is 281 Å². The molecule has 0 amide bonds. The molecule has 0 fully saturated rings. The lowest BCUT2D eigenvalue weighted by molar-refractivity contribution is 0.333. The third-order valence-corrected chi connectivity index (χ3v) is 9.68. The van der Waals surface area contributed by atoms with Crippen LogP contribution < -0.4 is 28.2 Å². The molecule has 4 aromatic heterocycles. The third kappa shape index (κ3) is 5.37. The Hall–Kier alpha value is -6.69. The van der Waals surface area contributed by atoms with Gasteiger partial charge in [-0.1, -0.05) is 36.4 Å². The van der Waals surface area contributed by atoms with Crippen LogP contribution in [-0.4, -0.2) is 32.2 Å². The van der Waals surface area contributed by atoms with Crippen LogP contribution in [0.1, 0.15) is 13.8 Å². The third-order valence-electron chi connectivity index (χ3n) is 7.61. The van der Waals surface area contributed by atoms with Gasteiger partial charge in [-0.05, 0) is 26.0 Å². The molecule has 0 spiro atoms. The fourth-order valence-corrected chi connectivity index (χ4v) is 6.53. The summed E-state index contributed by atoms with van der Waals surface area (Å²) in [6.45, 7) is 2.65. The van der Waals surface area contributed by atoms with Crippen molar-refractivity contribution in [3.8, 4) is 22.6 Å². The van der Waals surface area contributed by atoms with Gasteiger partial charge in [0, 0.05) is 29.8 Å². The van der Waals surface area contributed by atoms with E-state index >= 15 is 8.78 Å². The molecule has 7 rings (SSSR count). The molecule has 2 N–H and O–H groups in total. The van der Waals surface area contributed by atoms with Gasteiger partial charge in [-0.3, -0.25) is 0 Å². The number of nitrogens with zero attached hydrogens (tertiary/aromatic N) is 4. The zero-order valence-corrected chi connectivity index (χ0v) is 26.9. The van der Waals surface area contributed by atoms with E-state index < -0.39 is 105 Å². The van der Waals surface area contributed by atoms with Crippen LogP contribution in [0.25, 0.3) is 61.3 Å². The van der Waals surface area contributed by atoms with Crippen LogP contribution in [0.5, 0.6) is 0 Å². The minimum Gasteiger partial charge on any atom is -0.420 e. The van der Waals surface area contributed by atoms with Crippen molar-refractivity contribution in [3.05, 3.63) is 126 Å². The van der Waals surface area contributed by atoms with E-state index in [1.807, 2.05) is 0 Å². The fourth-order valence-electron chi connectivity index (χ4n) is 5.38. The van der Waals surface area contributed by atoms with Crippen molar-refractivity contribution in [2.75, 3.05) is 5.73 Å². The molecule has 0 saturated carbocycles. The normalized spacial score (nSPS) is 11.9. The maximum Gasteiger partial charge on any atom is 0.356 e. The molecule has 0 radical (unpaired) electrons. The Morgan fingerprint density at radius 2 is 1.27 bits per heavy atom. The Morgan fingerprint density at radius 1 is 0.706 bits per heavy atom. The maximum atomic E-state index is 15.5. The van der Waals surface area contributed by atoms with Gasteiger partial charge in [0.15, 0.2) is 17.0 Å². The van der Waals surface area contributed by atoms with Crippen LogP contribution in [0.15, 0.2) is 110 Å². The Bertz CT molecular complexity index is 3030. The zero-order chi connectivity index (χ0) is 36.4. The smallest absolute Gasteiger partial charge is 0.356 e. The molecule has 7 aromatic rings. The van der Waals surface area contributed by atoms with Gasteiger partial charge in [-0.15, -0.1) is 0 Å². The highest BCUT2D eigenvalue weighted by molar-refractivity contribution is 7.90. The number of aromatic nitrogens is 4. The average Bonchev–Trinajstić information content (AvgIpc) is 3.61. The predicted molar refractivity (Wildman–Crippen MR) is 179 cm³/mol. The number of rotatable bonds is 4. The molecule has 0 aliphatic carbocycles. The number of fused-ring (bicyclic) bond motifs is 9. The Morgan fingerprint density at radius 3 is 1.88 bits per heavy atom. The molecule has 0 aliphatic heterocycles. The zero-order valence-electron chi connectivity index (χ0n) is 26.1. The van der Waals surface area contributed by atoms with Crippen LogP contribution in [0.3, 0.4) is 0 Å². The van der Waals surface area contributed by atoms with Crippen molar-refractivity contribution in [3.63, 3.8) is 0 Å². The average molecular weight is 718 g/mol. The molecule has 51 heavy (non-hydrogen) atoms. The Kier molecular flexibility index (Phi) is 7.74. The van der Waals surface area contributed by atoms with Crippen molar-refractivity contribution in [1.29, 1.82) is 0 Å². The summed E-state index contributed by atoms with van der Waals surface area (Å²) in [4.78, 5) is 61.0. The van der Waals surface area contributed by atoms with Gasteiger partial charge in [0.1, 0.15) is 33.9 Å². The van der Waals surface area contributed by atoms with Gasteiger partial charge in [0.2, 0.25) is 21.6 Å². The second-order valence-corrected chi connectivity index (χ2v) is 13.5. The number of hydrogen-bond acceptors (Lipinski definition) is 13. The number of imidazole rings is 2. The van der Waals surface area contributed by atoms with Crippen molar-refractivity contribution < 1.29 is 35.0 Å². The van der Waals surface area contributed by atoms with Gasteiger partial charge in [0.05, 0.1) is 16.2 Å². The molecule has 0 unspecified atom stereocenters. The summed E-state index contributed by atoms with van der Waals surface area (Å²) in [5, 5.41) is -1.73. The van der Waals surface area contributed by atoms with Crippen molar-refractivity contribution in [2.24, 2.45) is 0 Å². The van der Waals surface area contributed by atoms with Gasteiger partial charge >= 0.3 is 22.5 Å². The van der Waals surface area contributed by atoms with Crippen LogP contribution in [0, 0.1) is 11.6 Å². The maximum absolute atomic E-state index is 15.5. The van der Waals surface area contributed by atoms with Gasteiger partial charge < -0.3 is 23.5 Å². The topological polar surface area (TPSA) is 216 Å². The van der Waals surface area contributed by atoms with E-state index in [0.29, 0.717) is 20.7 Å². The van der Waals surface area contributed by atoms with Gasteiger partial charge in [-0.25, -0.2) is 50.3 Å². The lowest BCUT2D eigenvalue weighted by Crippen LogP contribution is -2.23. The summed E-state index contributed by atoms with van der Waals surface area (Å²) >= 11 is 0. The van der Waals surface area contributed by atoms with E-state index in [4.69, 9.17) is 23.5 Å². The van der Waals surface area contributed by atoms with E-state index in [1.54, 1.807) is 18.2 Å². The molecule has 18 heteroatoms. The number of hydrogen-bond donors (Lipinski definition) is 1. The van der Waals surface area contributed by atoms with Gasteiger partial charge in [-0.2, -0.15) is 4.57 Å². The van der Waals surface area contributed by atoms with Crippen molar-refractivity contribution in [2.45, 2.75) is 19.1 Å². The van der Waals surface area contributed by atoms with E-state index in [1.165, 1.54) is 26.0 Å². The van der Waals surface area contributed by atoms with Crippen LogP contribution in [0.4, 0.5) is 14.7 Å². The SMILES string of the molecule is CC(C)S(=O)(=O)n1c(N)nc2c3oc(=O)ccc(=O)oc3c3c4nc(-c5c(F)cccc5F)n(oc(=O)ccc(=O)oc3c21)c4-c1ccccc1. The second-order valence-electron chi connectivity index (χ2n) is 11.1. The number of nitrogen functional groups attached to an aromatic ring is 1. The first-order valence-electron chi connectivity index (χ1n) is 14.8. The lowest BCUT2D eigenvalue weighted by atomic mass is 10.1. The number of nitrogens with two attached hydrogens (primary N) is 1. The van der Waals surface area contributed by atoms with Crippen molar-refractivity contribution >= 4 is 54.7 Å². The Balaban J connectivity index is 2.00. The highest BCUT2D eigenvalue weighted by Crippen LogP contribution is 2.41. The molecule has 15 nitrogen and oxygen atoms in total. The van der Waals surface area contributed by atoms with Crippen molar-refractivity contribution in [1.82, 2.24) is 18.5 Å². The van der Waals surface area contributed by atoms with Crippen LogP contribution in [0.2, 0.25) is 0 Å².